The van der Waals surface area contributed by atoms with E-state index >= 15 is 0 Å². The molecule has 0 saturated heterocycles. The summed E-state index contributed by atoms with van der Waals surface area (Å²) in [5, 5.41) is 37.3. The molecule has 0 aliphatic rings. The van der Waals surface area contributed by atoms with Crippen molar-refractivity contribution in [3.8, 4) is 17.2 Å². The van der Waals surface area contributed by atoms with Crippen molar-refractivity contribution in [1.82, 2.24) is 0 Å². The summed E-state index contributed by atoms with van der Waals surface area (Å²) in [4.78, 5) is 11.1. The number of phenolic OH excluding ortho intramolecular Hbond substituents is 3. The van der Waals surface area contributed by atoms with Gasteiger partial charge in [0, 0.05) is 12.1 Å². The van der Waals surface area contributed by atoms with E-state index in [9.17, 15) is 20.1 Å². The standard InChI is InChI=1S/C9H8O5.Na/c10-2-1-6(12)9-7(13)3-5(11)4-8(9)14;/h1-4,10-11,13-14H;/q;+1/p-1/b2-1-;. The monoisotopic (exact) mass is 218 g/mol. The molecular weight excluding hydrogens is 211 g/mol. The molecule has 5 nitrogen and oxygen atoms in total. The third kappa shape index (κ3) is 3.16. The van der Waals surface area contributed by atoms with E-state index in [1.54, 1.807) is 0 Å². The fraction of sp³-hybridized carbons (Fsp3) is 0. The van der Waals surface area contributed by atoms with E-state index in [2.05, 4.69) is 0 Å². The van der Waals surface area contributed by atoms with Crippen LogP contribution in [0.15, 0.2) is 24.5 Å². The van der Waals surface area contributed by atoms with Crippen LogP contribution in [0.2, 0.25) is 0 Å². The van der Waals surface area contributed by atoms with Gasteiger partial charge in [0.15, 0.2) is 5.78 Å². The number of allylic oxidation sites excluding steroid dienone is 1. The van der Waals surface area contributed by atoms with Crippen molar-refractivity contribution in [3.63, 3.8) is 0 Å². The molecule has 0 amide bonds. The minimum atomic E-state index is -0.824. The Kier molecular flexibility index (Phi) is 5.21. The van der Waals surface area contributed by atoms with Gasteiger partial charge in [0.25, 0.3) is 0 Å². The minimum Gasteiger partial charge on any atom is -0.878 e. The summed E-state index contributed by atoms with van der Waals surface area (Å²) in [6.45, 7) is 0. The van der Waals surface area contributed by atoms with Gasteiger partial charge in [0.1, 0.15) is 22.8 Å². The van der Waals surface area contributed by atoms with Gasteiger partial charge in [-0.15, -0.1) is 6.26 Å². The molecule has 0 bridgehead atoms. The number of hydrogen-bond acceptors (Lipinski definition) is 5. The summed E-state index contributed by atoms with van der Waals surface area (Å²) in [7, 11) is 0. The maximum Gasteiger partial charge on any atom is 1.00 e. The Labute approximate surface area is 108 Å². The van der Waals surface area contributed by atoms with Crippen LogP contribution in [0.3, 0.4) is 0 Å². The molecule has 0 aliphatic heterocycles. The van der Waals surface area contributed by atoms with Crippen LogP contribution in [-0.4, -0.2) is 21.1 Å². The van der Waals surface area contributed by atoms with E-state index in [4.69, 9.17) is 5.11 Å². The second-order valence-electron chi connectivity index (χ2n) is 2.53. The zero-order valence-corrected chi connectivity index (χ0v) is 9.97. The Morgan fingerprint density at radius 3 is 2.07 bits per heavy atom. The third-order valence-electron chi connectivity index (χ3n) is 1.55. The van der Waals surface area contributed by atoms with Gasteiger partial charge < -0.3 is 20.4 Å². The Morgan fingerprint density at radius 2 is 1.67 bits per heavy atom. The van der Waals surface area contributed by atoms with Gasteiger partial charge in [-0.3, -0.25) is 4.79 Å². The smallest absolute Gasteiger partial charge is 0.878 e. The second-order valence-corrected chi connectivity index (χ2v) is 2.53. The molecule has 74 valence electrons. The first-order chi connectivity index (χ1) is 6.56. The number of rotatable bonds is 2. The quantitative estimate of drug-likeness (QED) is 0.211. The van der Waals surface area contributed by atoms with Gasteiger partial charge in [-0.1, -0.05) is 0 Å². The molecule has 15 heavy (non-hydrogen) atoms. The number of benzene rings is 1. The molecule has 0 spiro atoms. The molecule has 0 radical (unpaired) electrons. The molecule has 0 atom stereocenters. The molecule has 3 N–H and O–H groups in total. The fourth-order valence-electron chi connectivity index (χ4n) is 0.995. The predicted octanol–water partition coefficient (Wildman–Crippen LogP) is -3.14. The van der Waals surface area contributed by atoms with Crippen molar-refractivity contribution in [2.24, 2.45) is 0 Å². The molecule has 1 aromatic rings. The summed E-state index contributed by atoms with van der Waals surface area (Å²) < 4.78 is 0. The van der Waals surface area contributed by atoms with Crippen LogP contribution in [0.25, 0.3) is 0 Å². The maximum absolute atomic E-state index is 11.1. The van der Waals surface area contributed by atoms with Crippen LogP contribution in [0.4, 0.5) is 0 Å². The number of ketones is 1. The molecule has 0 aliphatic carbocycles. The van der Waals surface area contributed by atoms with Crippen LogP contribution >= 0.6 is 0 Å². The normalized spacial score (nSPS) is 9.87. The van der Waals surface area contributed by atoms with Crippen LogP contribution in [0.5, 0.6) is 17.2 Å². The largest absolute Gasteiger partial charge is 1.00 e. The Morgan fingerprint density at radius 1 is 1.20 bits per heavy atom. The average molecular weight is 218 g/mol. The first-order valence-corrected chi connectivity index (χ1v) is 3.64. The van der Waals surface area contributed by atoms with E-state index in [1.165, 1.54) is 0 Å². The van der Waals surface area contributed by atoms with Gasteiger partial charge >= 0.3 is 29.6 Å². The number of aromatic hydroxyl groups is 3. The molecule has 0 aromatic heterocycles. The van der Waals surface area contributed by atoms with E-state index in [-0.39, 0.29) is 41.6 Å². The van der Waals surface area contributed by atoms with E-state index in [0.717, 1.165) is 12.1 Å². The molecule has 1 rings (SSSR count). The zero-order chi connectivity index (χ0) is 10.7. The molecular formula is C9H7NaO5. The van der Waals surface area contributed by atoms with Gasteiger partial charge in [-0.05, 0) is 6.08 Å². The first kappa shape index (κ1) is 13.8. The molecule has 0 saturated carbocycles. The van der Waals surface area contributed by atoms with Crippen LogP contribution in [0.1, 0.15) is 10.4 Å². The van der Waals surface area contributed by atoms with Gasteiger partial charge in [0.05, 0.1) is 0 Å². The number of phenols is 3. The van der Waals surface area contributed by atoms with E-state index in [0.29, 0.717) is 6.08 Å². The molecule has 1 aromatic carbocycles. The Balaban J connectivity index is 0.00000196. The first-order valence-electron chi connectivity index (χ1n) is 3.64. The third-order valence-corrected chi connectivity index (χ3v) is 1.55. The predicted molar refractivity (Wildman–Crippen MR) is 44.9 cm³/mol. The summed E-state index contributed by atoms with van der Waals surface area (Å²) >= 11 is 0. The fourth-order valence-corrected chi connectivity index (χ4v) is 0.995. The summed E-state index contributed by atoms with van der Waals surface area (Å²) in [5.41, 5.74) is -0.407. The van der Waals surface area contributed by atoms with Gasteiger partial charge in [-0.25, -0.2) is 0 Å². The number of hydrogen-bond donors (Lipinski definition) is 3. The number of carbonyl (C=O) groups excluding carboxylic acids is 1. The molecule has 0 unspecified atom stereocenters. The second kappa shape index (κ2) is 5.65. The van der Waals surface area contributed by atoms with Crippen LogP contribution < -0.4 is 34.7 Å². The van der Waals surface area contributed by atoms with Crippen LogP contribution in [-0.2, 0) is 0 Å². The van der Waals surface area contributed by atoms with Crippen molar-refractivity contribution in [1.29, 1.82) is 0 Å². The van der Waals surface area contributed by atoms with E-state index < -0.39 is 22.8 Å². The molecule has 0 fully saturated rings. The molecule has 0 heterocycles. The van der Waals surface area contributed by atoms with Crippen molar-refractivity contribution in [2.75, 3.05) is 0 Å². The Hall–Kier alpha value is -1.17. The zero-order valence-electron chi connectivity index (χ0n) is 7.97. The summed E-state index contributed by atoms with van der Waals surface area (Å²) in [6.07, 6.45) is 0.903. The van der Waals surface area contributed by atoms with Gasteiger partial charge in [-0.2, -0.15) is 0 Å². The SMILES string of the molecule is O=C(/C=C\[O-])c1c(O)cc(O)cc1O.[Na+]. The van der Waals surface area contributed by atoms with E-state index in [1.807, 2.05) is 0 Å². The van der Waals surface area contributed by atoms with Gasteiger partial charge in [0.2, 0.25) is 0 Å². The number of carbonyl (C=O) groups is 1. The van der Waals surface area contributed by atoms with Crippen LogP contribution in [0, 0.1) is 0 Å². The molecule has 6 heteroatoms. The minimum absolute atomic E-state index is 0. The average Bonchev–Trinajstić information content (AvgIpc) is 2.01. The summed E-state index contributed by atoms with van der Waals surface area (Å²) in [5.74, 6) is -2.35. The van der Waals surface area contributed by atoms with Crippen molar-refractivity contribution in [2.45, 2.75) is 0 Å². The van der Waals surface area contributed by atoms with Crippen molar-refractivity contribution in [3.05, 3.63) is 30.0 Å². The topological polar surface area (TPSA) is 101 Å². The van der Waals surface area contributed by atoms with Crippen molar-refractivity contribution < 1.29 is 54.8 Å². The van der Waals surface area contributed by atoms with Crippen molar-refractivity contribution >= 4 is 5.78 Å². The maximum atomic E-state index is 11.1. The Bertz CT molecular complexity index is 376. The summed E-state index contributed by atoms with van der Waals surface area (Å²) in [6, 6.07) is 1.79.